The molecule has 0 saturated carbocycles. The number of ether oxygens (including phenoxy) is 2. The Bertz CT molecular complexity index is 1210. The summed E-state index contributed by atoms with van der Waals surface area (Å²) >= 11 is 0. The van der Waals surface area contributed by atoms with Gasteiger partial charge in [-0.25, -0.2) is 13.6 Å². The number of amides is 3. The van der Waals surface area contributed by atoms with Crippen molar-refractivity contribution in [2.45, 2.75) is 43.8 Å². The largest absolute Gasteiger partial charge is 0.453 e. The van der Waals surface area contributed by atoms with Crippen LogP contribution in [0, 0.1) is 18.6 Å². The van der Waals surface area contributed by atoms with Gasteiger partial charge in [0.25, 0.3) is 11.8 Å². The molecule has 2 aromatic rings. The molecule has 0 radical (unpaired) electrons. The van der Waals surface area contributed by atoms with Gasteiger partial charge in [0.2, 0.25) is 0 Å². The van der Waals surface area contributed by atoms with E-state index in [2.05, 4.69) is 15.4 Å². The van der Waals surface area contributed by atoms with Crippen LogP contribution >= 0.6 is 0 Å². The van der Waals surface area contributed by atoms with Crippen molar-refractivity contribution in [1.82, 2.24) is 10.2 Å². The Labute approximate surface area is 209 Å². The number of carbonyl (C=O) groups is 3. The Morgan fingerprint density at radius 3 is 2.30 bits per heavy atom. The van der Waals surface area contributed by atoms with E-state index in [9.17, 15) is 23.2 Å². The SMILES string of the molecule is COC(=O)N[C@@H]1C[C@H]2COC[C@@H](C1)N2C(=O)C(F)(F)c1cc(C(=O)Nc2ccc(F)c(C)c2)ccc1F. The van der Waals surface area contributed by atoms with Crippen molar-refractivity contribution >= 4 is 23.6 Å². The molecule has 37 heavy (non-hydrogen) atoms. The number of halogens is 4. The van der Waals surface area contributed by atoms with Crippen LogP contribution in [0.4, 0.5) is 28.0 Å². The van der Waals surface area contributed by atoms with Gasteiger partial charge in [-0.05, 0) is 61.7 Å². The number of carbonyl (C=O) groups excluding carboxylic acids is 3. The summed E-state index contributed by atoms with van der Waals surface area (Å²) in [7, 11) is 1.20. The Morgan fingerprint density at radius 2 is 1.68 bits per heavy atom. The third-order valence-electron chi connectivity index (χ3n) is 6.51. The minimum atomic E-state index is -4.29. The second-order valence-corrected chi connectivity index (χ2v) is 9.05. The van der Waals surface area contributed by atoms with Gasteiger partial charge in [-0.3, -0.25) is 9.59 Å². The van der Waals surface area contributed by atoms with Crippen molar-refractivity contribution in [1.29, 1.82) is 0 Å². The maximum absolute atomic E-state index is 15.5. The standard InChI is InChI=1S/C25H25F4N3O5/c1-13-7-15(4-6-20(13)26)30-22(33)14-3-5-21(27)19(8-14)25(28,29)23(34)32-17-9-16(31-24(35)36-2)10-18(32)12-37-11-17/h3-8,16-18H,9-12H2,1-2H3,(H,30,33)(H,31,35)/t16-,17+,18-. The van der Waals surface area contributed by atoms with Crippen molar-refractivity contribution < 1.29 is 41.4 Å². The summed E-state index contributed by atoms with van der Waals surface area (Å²) < 4.78 is 69.1. The summed E-state index contributed by atoms with van der Waals surface area (Å²) in [4.78, 5) is 38.3. The minimum absolute atomic E-state index is 0.0281. The van der Waals surface area contributed by atoms with Crippen LogP contribution in [0.25, 0.3) is 0 Å². The molecule has 0 aromatic heterocycles. The van der Waals surface area contributed by atoms with Crippen molar-refractivity contribution in [3.05, 3.63) is 64.7 Å². The molecule has 2 heterocycles. The average molecular weight is 523 g/mol. The van der Waals surface area contributed by atoms with Gasteiger partial charge >= 0.3 is 12.0 Å². The van der Waals surface area contributed by atoms with Gasteiger partial charge < -0.3 is 25.0 Å². The molecule has 2 fully saturated rings. The monoisotopic (exact) mass is 523 g/mol. The summed E-state index contributed by atoms with van der Waals surface area (Å²) in [5, 5.41) is 5.06. The number of anilines is 1. The summed E-state index contributed by atoms with van der Waals surface area (Å²) in [6.45, 7) is 1.43. The van der Waals surface area contributed by atoms with Gasteiger partial charge in [0.05, 0.1) is 38.0 Å². The zero-order valence-electron chi connectivity index (χ0n) is 20.0. The first-order chi connectivity index (χ1) is 17.5. The first kappa shape index (κ1) is 26.4. The normalized spacial score (nSPS) is 21.2. The highest BCUT2D eigenvalue weighted by Crippen LogP contribution is 2.38. The molecule has 3 atom stereocenters. The molecule has 0 spiro atoms. The molecule has 0 unspecified atom stereocenters. The fourth-order valence-corrected chi connectivity index (χ4v) is 4.70. The molecule has 2 aromatic carbocycles. The predicted octanol–water partition coefficient (Wildman–Crippen LogP) is 3.73. The molecule has 3 amide bonds. The van der Waals surface area contributed by atoms with Crippen LogP contribution in [0.2, 0.25) is 0 Å². The highest BCUT2D eigenvalue weighted by molar-refractivity contribution is 6.04. The molecule has 8 nitrogen and oxygen atoms in total. The van der Waals surface area contributed by atoms with E-state index < -0.39 is 59.2 Å². The minimum Gasteiger partial charge on any atom is -0.453 e. The van der Waals surface area contributed by atoms with E-state index in [4.69, 9.17) is 4.74 Å². The first-order valence-corrected chi connectivity index (χ1v) is 11.5. The lowest BCUT2D eigenvalue weighted by atomic mass is 9.88. The average Bonchev–Trinajstić information content (AvgIpc) is 2.85. The van der Waals surface area contributed by atoms with Gasteiger partial charge in [0.1, 0.15) is 11.6 Å². The van der Waals surface area contributed by atoms with Gasteiger partial charge in [0.15, 0.2) is 0 Å². The number of fused-ring (bicyclic) bond motifs is 2. The molecule has 0 aliphatic carbocycles. The number of piperidine rings is 1. The van der Waals surface area contributed by atoms with Crippen molar-refractivity contribution in [3.8, 4) is 0 Å². The van der Waals surface area contributed by atoms with Crippen LogP contribution < -0.4 is 10.6 Å². The van der Waals surface area contributed by atoms with Gasteiger partial charge in [-0.2, -0.15) is 8.78 Å². The van der Waals surface area contributed by atoms with Crippen LogP contribution in [-0.4, -0.2) is 61.3 Å². The number of alkyl carbamates (subject to hydrolysis) is 1. The van der Waals surface area contributed by atoms with E-state index >= 15 is 8.78 Å². The number of morpholine rings is 1. The lowest BCUT2D eigenvalue weighted by molar-refractivity contribution is -0.178. The summed E-state index contributed by atoms with van der Waals surface area (Å²) in [5.41, 5.74) is -1.08. The van der Waals surface area contributed by atoms with Crippen molar-refractivity contribution in [2.24, 2.45) is 0 Å². The molecule has 2 saturated heterocycles. The summed E-state index contributed by atoms with van der Waals surface area (Å²) in [6.07, 6.45) is -0.382. The topological polar surface area (TPSA) is 97.0 Å². The molecule has 2 bridgehead atoms. The quantitative estimate of drug-likeness (QED) is 0.583. The highest BCUT2D eigenvalue weighted by Gasteiger charge is 2.52. The number of rotatable bonds is 5. The van der Waals surface area contributed by atoms with Gasteiger partial charge in [-0.1, -0.05) is 0 Å². The summed E-state index contributed by atoms with van der Waals surface area (Å²) in [6, 6.07) is 4.17. The zero-order valence-corrected chi connectivity index (χ0v) is 20.0. The van der Waals surface area contributed by atoms with Crippen LogP contribution in [0.5, 0.6) is 0 Å². The number of benzene rings is 2. The molecule has 2 N–H and O–H groups in total. The van der Waals surface area contributed by atoms with E-state index in [0.717, 1.165) is 17.0 Å². The third kappa shape index (κ3) is 5.38. The molecule has 2 aliphatic rings. The number of aryl methyl sites for hydroxylation is 1. The fraction of sp³-hybridized carbons (Fsp3) is 0.400. The number of methoxy groups -OCH3 is 1. The van der Waals surface area contributed by atoms with E-state index in [1.807, 2.05) is 0 Å². The van der Waals surface area contributed by atoms with Crippen molar-refractivity contribution in [2.75, 3.05) is 25.6 Å². The molecular weight excluding hydrogens is 498 g/mol. The van der Waals surface area contributed by atoms with Crippen LogP contribution in [0.3, 0.4) is 0 Å². The second kappa shape index (κ2) is 10.4. The summed E-state index contributed by atoms with van der Waals surface area (Å²) in [5.74, 6) is -8.58. The second-order valence-electron chi connectivity index (χ2n) is 9.05. The van der Waals surface area contributed by atoms with E-state index in [-0.39, 0.29) is 42.9 Å². The first-order valence-electron chi connectivity index (χ1n) is 11.5. The molecule has 4 rings (SSSR count). The smallest absolute Gasteiger partial charge is 0.407 e. The maximum Gasteiger partial charge on any atom is 0.407 e. The number of nitrogens with one attached hydrogen (secondary N) is 2. The number of nitrogens with zero attached hydrogens (tertiary/aromatic N) is 1. The molecule has 2 aliphatic heterocycles. The number of hydrogen-bond donors (Lipinski definition) is 2. The number of hydrogen-bond acceptors (Lipinski definition) is 5. The predicted molar refractivity (Wildman–Crippen MR) is 123 cm³/mol. The molecule has 12 heteroatoms. The van der Waals surface area contributed by atoms with Gasteiger partial charge in [-0.15, -0.1) is 0 Å². The molecule has 198 valence electrons. The number of alkyl halides is 2. The fourth-order valence-electron chi connectivity index (χ4n) is 4.70. The molecular formula is C25H25F4N3O5. The van der Waals surface area contributed by atoms with Crippen LogP contribution in [0.15, 0.2) is 36.4 Å². The van der Waals surface area contributed by atoms with Crippen LogP contribution in [0.1, 0.15) is 34.3 Å². The Balaban J connectivity index is 1.56. The lowest BCUT2D eigenvalue weighted by Gasteiger charge is -2.49. The highest BCUT2D eigenvalue weighted by atomic mass is 19.3. The lowest BCUT2D eigenvalue weighted by Crippen LogP contribution is -2.64. The Hall–Kier alpha value is -3.67. The zero-order chi connectivity index (χ0) is 26.9. The van der Waals surface area contributed by atoms with E-state index in [1.165, 1.54) is 26.2 Å². The Kier molecular flexibility index (Phi) is 7.39. The third-order valence-corrected chi connectivity index (χ3v) is 6.51. The van der Waals surface area contributed by atoms with Crippen LogP contribution in [-0.2, 0) is 20.2 Å². The van der Waals surface area contributed by atoms with E-state index in [1.54, 1.807) is 0 Å². The van der Waals surface area contributed by atoms with Crippen molar-refractivity contribution in [3.63, 3.8) is 0 Å². The maximum atomic E-state index is 15.5. The Morgan fingerprint density at radius 1 is 1.03 bits per heavy atom. The van der Waals surface area contributed by atoms with Gasteiger partial charge in [0, 0.05) is 17.3 Å². The van der Waals surface area contributed by atoms with E-state index in [0.29, 0.717) is 12.1 Å².